The Balaban J connectivity index is 2.53. The van der Waals surface area contributed by atoms with Crippen LogP contribution in [0.5, 0.6) is 0 Å². The van der Waals surface area contributed by atoms with Crippen LogP contribution in [0.1, 0.15) is 11.1 Å². The van der Waals surface area contributed by atoms with Crippen molar-refractivity contribution in [2.75, 3.05) is 13.2 Å². The standard InChI is InChI=1S/C18H20Cl2O5/c19-17(15(23)11-21,13-7-3-1-4-8-13)25-18(20,16(24)12-22)14-9-5-2-6-10-14/h1-10,15-16,21-24H,11-12H2. The van der Waals surface area contributed by atoms with Gasteiger partial charge in [-0.1, -0.05) is 83.9 Å². The van der Waals surface area contributed by atoms with E-state index in [9.17, 15) is 20.4 Å². The number of aliphatic hydroxyl groups excluding tert-OH is 4. The van der Waals surface area contributed by atoms with E-state index in [0.717, 1.165) is 0 Å². The number of hydrogen-bond donors (Lipinski definition) is 4. The summed E-state index contributed by atoms with van der Waals surface area (Å²) in [7, 11) is 0. The molecule has 0 amide bonds. The van der Waals surface area contributed by atoms with Crippen LogP contribution in [-0.4, -0.2) is 45.8 Å². The quantitative estimate of drug-likeness (QED) is 0.520. The van der Waals surface area contributed by atoms with Gasteiger partial charge in [-0.2, -0.15) is 0 Å². The Labute approximate surface area is 156 Å². The molecule has 4 N–H and O–H groups in total. The lowest BCUT2D eigenvalue weighted by Crippen LogP contribution is -2.49. The molecule has 0 saturated carbocycles. The summed E-state index contributed by atoms with van der Waals surface area (Å²) in [5, 5.41) is 35.5. The maximum atomic E-state index is 10.3. The topological polar surface area (TPSA) is 90.2 Å². The minimum absolute atomic E-state index is 0.337. The van der Waals surface area contributed by atoms with Crippen molar-refractivity contribution >= 4 is 23.2 Å². The fourth-order valence-electron chi connectivity index (χ4n) is 2.42. The van der Waals surface area contributed by atoms with Gasteiger partial charge >= 0.3 is 0 Å². The third-order valence-electron chi connectivity index (χ3n) is 3.83. The smallest absolute Gasteiger partial charge is 0.197 e. The van der Waals surface area contributed by atoms with Crippen molar-refractivity contribution in [2.24, 2.45) is 0 Å². The second-order valence-electron chi connectivity index (χ2n) is 5.52. The number of benzene rings is 2. The zero-order valence-electron chi connectivity index (χ0n) is 13.3. The first kappa shape index (κ1) is 20.1. The van der Waals surface area contributed by atoms with Gasteiger partial charge in [-0.15, -0.1) is 0 Å². The molecule has 0 saturated heterocycles. The van der Waals surface area contributed by atoms with Crippen LogP contribution in [0.25, 0.3) is 0 Å². The molecule has 2 aromatic carbocycles. The molecular weight excluding hydrogens is 367 g/mol. The van der Waals surface area contributed by atoms with E-state index in [1.807, 2.05) is 0 Å². The highest BCUT2D eigenvalue weighted by Crippen LogP contribution is 2.45. The van der Waals surface area contributed by atoms with Crippen LogP contribution in [0.3, 0.4) is 0 Å². The lowest BCUT2D eigenvalue weighted by Gasteiger charge is -2.41. The largest absolute Gasteiger partial charge is 0.394 e. The summed E-state index contributed by atoms with van der Waals surface area (Å²) in [6.07, 6.45) is -3.08. The maximum absolute atomic E-state index is 10.3. The molecule has 5 nitrogen and oxygen atoms in total. The molecule has 0 fully saturated rings. The summed E-state index contributed by atoms with van der Waals surface area (Å²) in [6, 6.07) is 16.6. The van der Waals surface area contributed by atoms with Crippen molar-refractivity contribution in [3.05, 3.63) is 71.8 Å². The fraction of sp³-hybridized carbons (Fsp3) is 0.333. The average Bonchev–Trinajstić information content (AvgIpc) is 2.67. The Morgan fingerprint density at radius 2 is 1.04 bits per heavy atom. The van der Waals surface area contributed by atoms with Crippen LogP contribution in [0.15, 0.2) is 60.7 Å². The van der Waals surface area contributed by atoms with Crippen molar-refractivity contribution in [3.63, 3.8) is 0 Å². The lowest BCUT2D eigenvalue weighted by atomic mass is 10.00. The van der Waals surface area contributed by atoms with E-state index in [1.54, 1.807) is 60.7 Å². The van der Waals surface area contributed by atoms with Gasteiger partial charge in [-0.05, 0) is 0 Å². The first-order valence-electron chi connectivity index (χ1n) is 7.65. The molecule has 0 heterocycles. The summed E-state index contributed by atoms with van der Waals surface area (Å²) in [6.45, 7) is -1.40. The summed E-state index contributed by atoms with van der Waals surface area (Å²) < 4.78 is 5.81. The predicted molar refractivity (Wildman–Crippen MR) is 95.2 cm³/mol. The molecule has 4 unspecified atom stereocenters. The van der Waals surface area contributed by atoms with Crippen molar-refractivity contribution in [1.82, 2.24) is 0 Å². The summed E-state index contributed by atoms with van der Waals surface area (Å²) in [5.41, 5.74) is 0.675. The van der Waals surface area contributed by atoms with Crippen LogP contribution < -0.4 is 0 Å². The van der Waals surface area contributed by atoms with E-state index in [-0.39, 0.29) is 0 Å². The molecule has 0 bridgehead atoms. The van der Waals surface area contributed by atoms with Gasteiger partial charge in [0.15, 0.2) is 10.1 Å². The highest BCUT2D eigenvalue weighted by atomic mass is 35.5. The van der Waals surface area contributed by atoms with Gasteiger partial charge in [0.1, 0.15) is 12.2 Å². The molecule has 0 spiro atoms. The second-order valence-corrected chi connectivity index (χ2v) is 6.64. The highest BCUT2D eigenvalue weighted by Gasteiger charge is 2.50. The van der Waals surface area contributed by atoms with Crippen molar-refractivity contribution in [1.29, 1.82) is 0 Å². The highest BCUT2D eigenvalue weighted by molar-refractivity contribution is 6.26. The number of alkyl halides is 2. The average molecular weight is 387 g/mol. The SMILES string of the molecule is OCC(O)C(Cl)(OC(Cl)(c1ccccc1)C(O)CO)c1ccccc1. The Morgan fingerprint density at radius 3 is 1.32 bits per heavy atom. The van der Waals surface area contributed by atoms with Gasteiger partial charge in [-0.3, -0.25) is 0 Å². The molecular formula is C18H20Cl2O5. The molecule has 136 valence electrons. The van der Waals surface area contributed by atoms with Gasteiger partial charge in [-0.25, -0.2) is 0 Å². The monoisotopic (exact) mass is 386 g/mol. The third-order valence-corrected chi connectivity index (χ3v) is 4.93. The Hall–Kier alpha value is -1.18. The van der Waals surface area contributed by atoms with Crippen LogP contribution in [-0.2, 0) is 14.9 Å². The molecule has 0 aromatic heterocycles. The van der Waals surface area contributed by atoms with Crippen LogP contribution in [0.2, 0.25) is 0 Å². The third kappa shape index (κ3) is 4.15. The predicted octanol–water partition coefficient (Wildman–Crippen LogP) is 1.89. The zero-order chi connectivity index (χ0) is 18.5. The molecule has 0 radical (unpaired) electrons. The number of hydrogen-bond acceptors (Lipinski definition) is 5. The molecule has 4 atom stereocenters. The lowest BCUT2D eigenvalue weighted by molar-refractivity contribution is -0.182. The normalized spacial score (nSPS) is 18.8. The van der Waals surface area contributed by atoms with E-state index in [4.69, 9.17) is 27.9 Å². The molecule has 2 aromatic rings. The van der Waals surface area contributed by atoms with Crippen molar-refractivity contribution in [3.8, 4) is 0 Å². The Kier molecular flexibility index (Phi) is 6.82. The minimum atomic E-state index is -1.95. The number of ether oxygens (including phenoxy) is 1. The summed E-state index contributed by atoms with van der Waals surface area (Å²) in [5.74, 6) is 0. The Bertz CT molecular complexity index is 600. The molecule has 0 aliphatic carbocycles. The van der Waals surface area contributed by atoms with Crippen LogP contribution >= 0.6 is 23.2 Å². The first-order valence-corrected chi connectivity index (χ1v) is 8.41. The van der Waals surface area contributed by atoms with Crippen molar-refractivity contribution in [2.45, 2.75) is 22.3 Å². The van der Waals surface area contributed by atoms with Gasteiger partial charge in [0, 0.05) is 11.1 Å². The Morgan fingerprint density at radius 1 is 0.720 bits per heavy atom. The van der Waals surface area contributed by atoms with E-state index in [2.05, 4.69) is 0 Å². The maximum Gasteiger partial charge on any atom is 0.197 e. The molecule has 0 aliphatic heterocycles. The van der Waals surface area contributed by atoms with Gasteiger partial charge in [0.25, 0.3) is 0 Å². The molecule has 2 rings (SSSR count). The fourth-order valence-corrected chi connectivity index (χ4v) is 3.09. The molecule has 7 heteroatoms. The van der Waals surface area contributed by atoms with E-state index < -0.39 is 35.5 Å². The van der Waals surface area contributed by atoms with Crippen molar-refractivity contribution < 1.29 is 25.2 Å². The molecule has 0 aliphatic rings. The van der Waals surface area contributed by atoms with E-state index in [1.165, 1.54) is 0 Å². The van der Waals surface area contributed by atoms with E-state index in [0.29, 0.717) is 11.1 Å². The van der Waals surface area contributed by atoms with Crippen LogP contribution in [0.4, 0.5) is 0 Å². The van der Waals surface area contributed by atoms with Crippen LogP contribution in [0, 0.1) is 0 Å². The summed E-state index contributed by atoms with van der Waals surface area (Å²) in [4.78, 5) is 0. The number of aliphatic hydroxyl groups is 4. The van der Waals surface area contributed by atoms with E-state index >= 15 is 0 Å². The number of halogens is 2. The first-order chi connectivity index (χ1) is 11.9. The number of rotatable bonds is 8. The second kappa shape index (κ2) is 8.47. The van der Waals surface area contributed by atoms with Gasteiger partial charge in [0.05, 0.1) is 13.2 Å². The van der Waals surface area contributed by atoms with Gasteiger partial charge < -0.3 is 25.2 Å². The zero-order valence-corrected chi connectivity index (χ0v) is 14.8. The minimum Gasteiger partial charge on any atom is -0.394 e. The summed E-state index contributed by atoms with van der Waals surface area (Å²) >= 11 is 13.1. The van der Waals surface area contributed by atoms with Gasteiger partial charge in [0.2, 0.25) is 0 Å². The molecule has 25 heavy (non-hydrogen) atoms.